The number of anilines is 1. The minimum atomic E-state index is -0.158. The number of hydrogen-bond acceptors (Lipinski definition) is 4. The van der Waals surface area contributed by atoms with Crippen LogP contribution in [0.3, 0.4) is 0 Å². The van der Waals surface area contributed by atoms with Gasteiger partial charge in [-0.2, -0.15) is 0 Å². The van der Waals surface area contributed by atoms with E-state index in [9.17, 15) is 4.79 Å². The van der Waals surface area contributed by atoms with Crippen LogP contribution in [-0.4, -0.2) is 26.8 Å². The Morgan fingerprint density at radius 1 is 1.39 bits per heavy atom. The molecule has 0 fully saturated rings. The van der Waals surface area contributed by atoms with Gasteiger partial charge in [-0.15, -0.1) is 0 Å². The van der Waals surface area contributed by atoms with Crippen molar-refractivity contribution in [2.45, 2.75) is 13.5 Å². The van der Waals surface area contributed by atoms with E-state index in [0.29, 0.717) is 35.1 Å². The van der Waals surface area contributed by atoms with E-state index in [1.807, 2.05) is 29.8 Å². The Hall–Kier alpha value is -2.60. The highest BCUT2D eigenvalue weighted by atomic mass is 35.5. The van der Waals surface area contributed by atoms with E-state index in [1.165, 1.54) is 0 Å². The van der Waals surface area contributed by atoms with Crippen molar-refractivity contribution in [2.75, 3.05) is 11.9 Å². The van der Waals surface area contributed by atoms with Crippen LogP contribution >= 0.6 is 11.6 Å². The quantitative estimate of drug-likeness (QED) is 0.755. The zero-order valence-electron chi connectivity index (χ0n) is 12.6. The smallest absolute Gasteiger partial charge is 0.253 e. The molecule has 3 aromatic rings. The summed E-state index contributed by atoms with van der Waals surface area (Å²) >= 11 is 6.00. The molecule has 118 valence electrons. The lowest BCUT2D eigenvalue weighted by Crippen LogP contribution is -2.23. The summed E-state index contributed by atoms with van der Waals surface area (Å²) in [6.45, 7) is 2.92. The molecule has 0 spiro atoms. The number of aromatic nitrogens is 3. The molecule has 0 aliphatic rings. The number of carbonyl (C=O) groups excluding carboxylic acids is 1. The normalized spacial score (nSPS) is 10.7. The van der Waals surface area contributed by atoms with Crippen LogP contribution in [0.1, 0.15) is 23.0 Å². The lowest BCUT2D eigenvalue weighted by Gasteiger charge is -2.11. The molecule has 1 aromatic carbocycles. The fraction of sp³-hybridized carbons (Fsp3) is 0.188. The van der Waals surface area contributed by atoms with Crippen LogP contribution in [0.15, 0.2) is 42.9 Å². The molecule has 2 heterocycles. The van der Waals surface area contributed by atoms with Crippen LogP contribution in [0.4, 0.5) is 5.69 Å². The third-order valence-electron chi connectivity index (χ3n) is 3.31. The zero-order valence-corrected chi connectivity index (χ0v) is 13.3. The molecule has 2 aromatic heterocycles. The fourth-order valence-corrected chi connectivity index (χ4v) is 2.44. The average Bonchev–Trinajstić information content (AvgIpc) is 2.96. The van der Waals surface area contributed by atoms with Gasteiger partial charge in [0.05, 0.1) is 17.8 Å². The van der Waals surface area contributed by atoms with Crippen LogP contribution in [0, 0.1) is 0 Å². The highest BCUT2D eigenvalue weighted by Crippen LogP contribution is 2.21. The first kappa shape index (κ1) is 15.3. The first-order chi connectivity index (χ1) is 11.2. The van der Waals surface area contributed by atoms with Gasteiger partial charge in [0, 0.05) is 35.8 Å². The molecule has 7 heteroatoms. The fourth-order valence-electron chi connectivity index (χ4n) is 2.26. The van der Waals surface area contributed by atoms with Crippen molar-refractivity contribution < 1.29 is 4.79 Å². The number of benzene rings is 1. The van der Waals surface area contributed by atoms with Gasteiger partial charge in [-0.25, -0.2) is 9.97 Å². The summed E-state index contributed by atoms with van der Waals surface area (Å²) < 4.78 is 1.85. The van der Waals surface area contributed by atoms with E-state index in [2.05, 4.69) is 20.6 Å². The monoisotopic (exact) mass is 329 g/mol. The van der Waals surface area contributed by atoms with E-state index >= 15 is 0 Å². The molecule has 2 N–H and O–H groups in total. The first-order valence-corrected chi connectivity index (χ1v) is 7.65. The Bertz CT molecular complexity index is 812. The molecule has 0 atom stereocenters. The van der Waals surface area contributed by atoms with E-state index in [0.717, 1.165) is 5.69 Å². The minimum absolute atomic E-state index is 0.158. The number of carbonyl (C=O) groups is 1. The van der Waals surface area contributed by atoms with E-state index in [4.69, 9.17) is 11.6 Å². The highest BCUT2D eigenvalue weighted by molar-refractivity contribution is 6.31. The first-order valence-electron chi connectivity index (χ1n) is 7.27. The Kier molecular flexibility index (Phi) is 4.43. The number of amides is 1. The second kappa shape index (κ2) is 6.66. The van der Waals surface area contributed by atoms with Crippen molar-refractivity contribution in [3.63, 3.8) is 0 Å². The summed E-state index contributed by atoms with van der Waals surface area (Å²) in [5, 5.41) is 6.54. The predicted molar refractivity (Wildman–Crippen MR) is 89.8 cm³/mol. The number of halogens is 1. The van der Waals surface area contributed by atoms with Crippen molar-refractivity contribution in [3.05, 3.63) is 59.1 Å². The molecule has 0 aliphatic carbocycles. The number of fused-ring (bicyclic) bond motifs is 1. The number of hydrogen-bond donors (Lipinski definition) is 2. The van der Waals surface area contributed by atoms with Crippen molar-refractivity contribution in [2.24, 2.45) is 0 Å². The SMILES string of the molecule is CCNC(=O)c1cc(Cl)ccc1NCc1cn2cccnc2n1. The maximum atomic E-state index is 12.1. The molecule has 23 heavy (non-hydrogen) atoms. The Balaban J connectivity index is 1.80. The predicted octanol–water partition coefficient (Wildman–Crippen LogP) is 2.74. The lowest BCUT2D eigenvalue weighted by atomic mass is 10.1. The maximum absolute atomic E-state index is 12.1. The summed E-state index contributed by atoms with van der Waals surface area (Å²) in [5.41, 5.74) is 2.06. The molecule has 0 radical (unpaired) electrons. The third-order valence-corrected chi connectivity index (χ3v) is 3.54. The largest absolute Gasteiger partial charge is 0.379 e. The molecule has 0 aliphatic heterocycles. The van der Waals surface area contributed by atoms with Gasteiger partial charge in [0.15, 0.2) is 0 Å². The molecule has 6 nitrogen and oxygen atoms in total. The molecule has 1 amide bonds. The van der Waals surface area contributed by atoms with Gasteiger partial charge in [0.1, 0.15) is 0 Å². The number of imidazole rings is 1. The van der Waals surface area contributed by atoms with Crippen LogP contribution in [-0.2, 0) is 6.54 Å². The minimum Gasteiger partial charge on any atom is -0.379 e. The second-order valence-corrected chi connectivity index (χ2v) is 5.40. The summed E-state index contributed by atoms with van der Waals surface area (Å²) in [4.78, 5) is 20.7. The van der Waals surface area contributed by atoms with Gasteiger partial charge < -0.3 is 10.6 Å². The number of nitrogens with one attached hydrogen (secondary N) is 2. The molecular formula is C16H16ClN5O. The topological polar surface area (TPSA) is 71.3 Å². The van der Waals surface area contributed by atoms with Gasteiger partial charge in [-0.05, 0) is 31.2 Å². The molecule has 0 bridgehead atoms. The van der Waals surface area contributed by atoms with Gasteiger partial charge in [0.2, 0.25) is 5.78 Å². The van der Waals surface area contributed by atoms with Gasteiger partial charge in [-0.3, -0.25) is 9.20 Å². The van der Waals surface area contributed by atoms with Gasteiger partial charge in [-0.1, -0.05) is 11.6 Å². The van der Waals surface area contributed by atoms with Crippen molar-refractivity contribution >= 4 is 29.0 Å². The summed E-state index contributed by atoms with van der Waals surface area (Å²) in [5.74, 6) is 0.485. The van der Waals surface area contributed by atoms with Crippen LogP contribution in [0.25, 0.3) is 5.78 Å². The Morgan fingerprint density at radius 2 is 2.26 bits per heavy atom. The summed E-state index contributed by atoms with van der Waals surface area (Å²) in [6, 6.07) is 7.04. The third kappa shape index (κ3) is 3.43. The Morgan fingerprint density at radius 3 is 3.04 bits per heavy atom. The van der Waals surface area contributed by atoms with E-state index in [-0.39, 0.29) is 5.91 Å². The summed E-state index contributed by atoms with van der Waals surface area (Å²) in [7, 11) is 0. The molecule has 0 saturated heterocycles. The maximum Gasteiger partial charge on any atom is 0.253 e. The Labute approximate surface area is 138 Å². The van der Waals surface area contributed by atoms with Crippen LogP contribution in [0.2, 0.25) is 5.02 Å². The number of rotatable bonds is 5. The molecular weight excluding hydrogens is 314 g/mol. The summed E-state index contributed by atoms with van der Waals surface area (Å²) in [6.07, 6.45) is 5.49. The van der Waals surface area contributed by atoms with Crippen LogP contribution in [0.5, 0.6) is 0 Å². The molecule has 0 saturated carbocycles. The van der Waals surface area contributed by atoms with Gasteiger partial charge in [0.25, 0.3) is 5.91 Å². The van der Waals surface area contributed by atoms with Crippen molar-refractivity contribution in [1.82, 2.24) is 19.7 Å². The van der Waals surface area contributed by atoms with E-state index < -0.39 is 0 Å². The molecule has 3 rings (SSSR count). The van der Waals surface area contributed by atoms with Gasteiger partial charge >= 0.3 is 0 Å². The highest BCUT2D eigenvalue weighted by Gasteiger charge is 2.12. The van der Waals surface area contributed by atoms with Crippen LogP contribution < -0.4 is 10.6 Å². The zero-order chi connectivity index (χ0) is 16.2. The van der Waals surface area contributed by atoms with E-state index in [1.54, 1.807) is 24.4 Å². The standard InChI is InChI=1S/C16H16ClN5O/c1-2-18-15(23)13-8-11(17)4-5-14(13)20-9-12-10-22-7-3-6-19-16(22)21-12/h3-8,10,20H,2,9H2,1H3,(H,18,23). The lowest BCUT2D eigenvalue weighted by molar-refractivity contribution is 0.0956. The van der Waals surface area contributed by atoms with Crippen molar-refractivity contribution in [1.29, 1.82) is 0 Å². The average molecular weight is 330 g/mol. The molecule has 0 unspecified atom stereocenters. The van der Waals surface area contributed by atoms with Crippen molar-refractivity contribution in [3.8, 4) is 0 Å². The second-order valence-electron chi connectivity index (χ2n) is 4.96. The number of nitrogens with zero attached hydrogens (tertiary/aromatic N) is 3.